The van der Waals surface area contributed by atoms with E-state index in [0.717, 1.165) is 13.0 Å². The van der Waals surface area contributed by atoms with Gasteiger partial charge in [0.1, 0.15) is 5.82 Å². The van der Waals surface area contributed by atoms with Crippen molar-refractivity contribution in [3.8, 4) is 0 Å². The molecule has 1 aliphatic heterocycles. The van der Waals surface area contributed by atoms with Crippen molar-refractivity contribution in [2.45, 2.75) is 32.5 Å². The standard InChI is InChI=1S/C14H20FNO2/c1-3-12-9-16(6-7-18-12)14-5-4-11(10(2)17)8-13(14)15/h4-5,8,10,12,17H,3,6-7,9H2,1-2H3/t10-,12?/m0/s1. The van der Waals surface area contributed by atoms with Gasteiger partial charge in [0, 0.05) is 13.1 Å². The second-order valence-electron chi connectivity index (χ2n) is 4.73. The lowest BCUT2D eigenvalue weighted by Crippen LogP contribution is -2.42. The van der Waals surface area contributed by atoms with Crippen LogP contribution < -0.4 is 4.90 Å². The first-order chi connectivity index (χ1) is 8.61. The number of morpholine rings is 1. The number of hydrogen-bond acceptors (Lipinski definition) is 3. The summed E-state index contributed by atoms with van der Waals surface area (Å²) in [4.78, 5) is 2.01. The van der Waals surface area contributed by atoms with Gasteiger partial charge in [0.05, 0.1) is 24.5 Å². The van der Waals surface area contributed by atoms with E-state index in [1.54, 1.807) is 19.1 Å². The van der Waals surface area contributed by atoms with Crippen molar-refractivity contribution in [3.63, 3.8) is 0 Å². The molecule has 100 valence electrons. The van der Waals surface area contributed by atoms with Crippen molar-refractivity contribution in [3.05, 3.63) is 29.6 Å². The SMILES string of the molecule is CCC1CN(c2ccc([C@H](C)O)cc2F)CCO1. The van der Waals surface area contributed by atoms with Gasteiger partial charge in [0.15, 0.2) is 0 Å². The Balaban J connectivity index is 2.17. The largest absolute Gasteiger partial charge is 0.389 e. The van der Waals surface area contributed by atoms with Crippen molar-refractivity contribution in [1.29, 1.82) is 0 Å². The number of anilines is 1. The van der Waals surface area contributed by atoms with Crippen LogP contribution in [0, 0.1) is 5.82 Å². The highest BCUT2D eigenvalue weighted by molar-refractivity contribution is 5.50. The quantitative estimate of drug-likeness (QED) is 0.898. The Bertz CT molecular complexity index is 409. The van der Waals surface area contributed by atoms with E-state index >= 15 is 0 Å². The van der Waals surface area contributed by atoms with Crippen LogP contribution in [0.5, 0.6) is 0 Å². The highest BCUT2D eigenvalue weighted by Gasteiger charge is 2.21. The summed E-state index contributed by atoms with van der Waals surface area (Å²) in [5.41, 5.74) is 1.21. The van der Waals surface area contributed by atoms with Gasteiger partial charge < -0.3 is 14.7 Å². The van der Waals surface area contributed by atoms with E-state index in [0.29, 0.717) is 24.4 Å². The predicted molar refractivity (Wildman–Crippen MR) is 69.3 cm³/mol. The van der Waals surface area contributed by atoms with Gasteiger partial charge in [-0.15, -0.1) is 0 Å². The van der Waals surface area contributed by atoms with Crippen molar-refractivity contribution >= 4 is 5.69 Å². The molecular formula is C14H20FNO2. The molecular weight excluding hydrogens is 233 g/mol. The number of aliphatic hydroxyl groups excluding tert-OH is 1. The molecule has 0 spiro atoms. The second kappa shape index (κ2) is 5.67. The molecule has 2 rings (SSSR count). The lowest BCUT2D eigenvalue weighted by Gasteiger charge is -2.34. The van der Waals surface area contributed by atoms with Crippen LogP contribution >= 0.6 is 0 Å². The molecule has 1 aromatic carbocycles. The van der Waals surface area contributed by atoms with Crippen LogP contribution in [0.4, 0.5) is 10.1 Å². The third kappa shape index (κ3) is 2.82. The number of hydrogen-bond donors (Lipinski definition) is 1. The number of ether oxygens (including phenoxy) is 1. The monoisotopic (exact) mass is 253 g/mol. The Morgan fingerprint density at radius 2 is 2.33 bits per heavy atom. The second-order valence-corrected chi connectivity index (χ2v) is 4.73. The van der Waals surface area contributed by atoms with Gasteiger partial charge in [0.25, 0.3) is 0 Å². The fraction of sp³-hybridized carbons (Fsp3) is 0.571. The van der Waals surface area contributed by atoms with Gasteiger partial charge >= 0.3 is 0 Å². The normalized spacial score (nSPS) is 22.0. The zero-order chi connectivity index (χ0) is 13.1. The van der Waals surface area contributed by atoms with Gasteiger partial charge in [-0.2, -0.15) is 0 Å². The van der Waals surface area contributed by atoms with E-state index in [-0.39, 0.29) is 11.9 Å². The van der Waals surface area contributed by atoms with Crippen molar-refractivity contribution in [1.82, 2.24) is 0 Å². The Morgan fingerprint density at radius 3 is 2.94 bits per heavy atom. The number of halogens is 1. The molecule has 3 nitrogen and oxygen atoms in total. The molecule has 1 saturated heterocycles. The Kier molecular flexibility index (Phi) is 4.19. The van der Waals surface area contributed by atoms with E-state index in [4.69, 9.17) is 4.74 Å². The smallest absolute Gasteiger partial charge is 0.146 e. The molecule has 1 fully saturated rings. The number of nitrogens with zero attached hydrogens (tertiary/aromatic N) is 1. The van der Waals surface area contributed by atoms with Crippen LogP contribution in [0.25, 0.3) is 0 Å². The third-order valence-corrected chi connectivity index (χ3v) is 3.39. The van der Waals surface area contributed by atoms with Crippen LogP contribution in [0.2, 0.25) is 0 Å². The van der Waals surface area contributed by atoms with E-state index < -0.39 is 6.10 Å². The van der Waals surface area contributed by atoms with Gasteiger partial charge in [-0.3, -0.25) is 0 Å². The molecule has 1 unspecified atom stereocenters. The minimum absolute atomic E-state index is 0.176. The first-order valence-electron chi connectivity index (χ1n) is 6.46. The predicted octanol–water partition coefficient (Wildman–Crippen LogP) is 2.49. The van der Waals surface area contributed by atoms with Gasteiger partial charge in [0.2, 0.25) is 0 Å². The first-order valence-corrected chi connectivity index (χ1v) is 6.46. The van der Waals surface area contributed by atoms with Crippen molar-refractivity contribution < 1.29 is 14.2 Å². The van der Waals surface area contributed by atoms with Crippen molar-refractivity contribution in [2.24, 2.45) is 0 Å². The molecule has 1 heterocycles. The van der Waals surface area contributed by atoms with Crippen molar-refractivity contribution in [2.75, 3.05) is 24.6 Å². The topological polar surface area (TPSA) is 32.7 Å². The minimum atomic E-state index is -0.637. The maximum absolute atomic E-state index is 14.0. The fourth-order valence-electron chi connectivity index (χ4n) is 2.22. The van der Waals surface area contributed by atoms with E-state index in [1.807, 2.05) is 4.90 Å². The molecule has 2 atom stereocenters. The van der Waals surface area contributed by atoms with Gasteiger partial charge in [-0.1, -0.05) is 13.0 Å². The Morgan fingerprint density at radius 1 is 1.56 bits per heavy atom. The zero-order valence-corrected chi connectivity index (χ0v) is 10.9. The summed E-state index contributed by atoms with van der Waals surface area (Å²) >= 11 is 0. The molecule has 18 heavy (non-hydrogen) atoms. The number of rotatable bonds is 3. The summed E-state index contributed by atoms with van der Waals surface area (Å²) in [6.07, 6.45) is 0.473. The highest BCUT2D eigenvalue weighted by atomic mass is 19.1. The molecule has 0 aliphatic carbocycles. The maximum Gasteiger partial charge on any atom is 0.146 e. The first kappa shape index (κ1) is 13.3. The van der Waals surface area contributed by atoms with Crippen LogP contribution in [-0.2, 0) is 4.74 Å². The molecule has 0 aromatic heterocycles. The average Bonchev–Trinajstić information content (AvgIpc) is 2.38. The van der Waals surface area contributed by atoms with Crippen LogP contribution in [0.1, 0.15) is 31.9 Å². The maximum atomic E-state index is 14.0. The molecule has 0 radical (unpaired) electrons. The summed E-state index contributed by atoms with van der Waals surface area (Å²) in [7, 11) is 0. The summed E-state index contributed by atoms with van der Waals surface area (Å²) in [6, 6.07) is 4.94. The highest BCUT2D eigenvalue weighted by Crippen LogP contribution is 2.25. The van der Waals surface area contributed by atoms with Gasteiger partial charge in [-0.05, 0) is 31.0 Å². The van der Waals surface area contributed by atoms with Crippen LogP contribution in [0.3, 0.4) is 0 Å². The summed E-state index contributed by atoms with van der Waals surface area (Å²) in [5.74, 6) is -0.273. The molecule has 1 N–H and O–H groups in total. The van der Waals surface area contributed by atoms with Crippen LogP contribution in [0.15, 0.2) is 18.2 Å². The Labute approximate surface area is 107 Å². The van der Waals surface area contributed by atoms with Crippen LogP contribution in [-0.4, -0.2) is 30.9 Å². The minimum Gasteiger partial charge on any atom is -0.389 e. The fourth-order valence-corrected chi connectivity index (χ4v) is 2.22. The van der Waals surface area contributed by atoms with E-state index in [9.17, 15) is 9.50 Å². The lowest BCUT2D eigenvalue weighted by atomic mass is 10.1. The average molecular weight is 253 g/mol. The molecule has 1 aliphatic rings. The third-order valence-electron chi connectivity index (χ3n) is 3.39. The van der Waals surface area contributed by atoms with Gasteiger partial charge in [-0.25, -0.2) is 4.39 Å². The zero-order valence-electron chi connectivity index (χ0n) is 10.9. The van der Waals surface area contributed by atoms with E-state index in [2.05, 4.69) is 6.92 Å². The molecule has 4 heteroatoms. The van der Waals surface area contributed by atoms with E-state index in [1.165, 1.54) is 6.07 Å². The number of benzene rings is 1. The lowest BCUT2D eigenvalue weighted by molar-refractivity contribution is 0.0382. The number of aliphatic hydroxyl groups is 1. The Hall–Kier alpha value is -1.13. The molecule has 0 bridgehead atoms. The summed E-state index contributed by atoms with van der Waals surface area (Å²) in [6.45, 7) is 5.77. The molecule has 0 amide bonds. The molecule has 0 saturated carbocycles. The molecule has 1 aromatic rings. The summed E-state index contributed by atoms with van der Waals surface area (Å²) < 4.78 is 19.6. The summed E-state index contributed by atoms with van der Waals surface area (Å²) in [5, 5.41) is 9.43.